The third-order valence-electron chi connectivity index (χ3n) is 3.88. The fourth-order valence-electron chi connectivity index (χ4n) is 2.30. The van der Waals surface area contributed by atoms with Gasteiger partial charge in [0.05, 0.1) is 5.69 Å². The summed E-state index contributed by atoms with van der Waals surface area (Å²) in [6.45, 7) is 7.35. The molecule has 0 radical (unpaired) electrons. The van der Waals surface area contributed by atoms with Gasteiger partial charge in [0.1, 0.15) is 5.76 Å². The summed E-state index contributed by atoms with van der Waals surface area (Å²) >= 11 is 0. The Bertz CT molecular complexity index is 461. The molecule has 1 fully saturated rings. The molecule has 1 aromatic rings. The summed E-state index contributed by atoms with van der Waals surface area (Å²) in [6, 6.07) is 0. The molecule has 2 rings (SSSR count). The van der Waals surface area contributed by atoms with Crippen molar-refractivity contribution in [1.29, 1.82) is 0 Å². The van der Waals surface area contributed by atoms with Crippen molar-refractivity contribution in [3.8, 4) is 0 Å². The van der Waals surface area contributed by atoms with Crippen molar-refractivity contribution >= 4 is 5.96 Å². The van der Waals surface area contributed by atoms with Gasteiger partial charge in [0.2, 0.25) is 0 Å². The van der Waals surface area contributed by atoms with Crippen LogP contribution in [0.1, 0.15) is 36.3 Å². The van der Waals surface area contributed by atoms with E-state index in [-0.39, 0.29) is 0 Å². The van der Waals surface area contributed by atoms with E-state index < -0.39 is 0 Å². The van der Waals surface area contributed by atoms with E-state index in [0.29, 0.717) is 0 Å². The highest BCUT2D eigenvalue weighted by molar-refractivity contribution is 5.79. The number of nitrogens with one attached hydrogen (secondary N) is 2. The Morgan fingerprint density at radius 2 is 2.09 bits per heavy atom. The van der Waals surface area contributed by atoms with Gasteiger partial charge in [-0.25, -0.2) is 0 Å². The largest absolute Gasteiger partial charge is 0.381 e. The van der Waals surface area contributed by atoms with Gasteiger partial charge < -0.3 is 19.9 Å². The Labute approximate surface area is 132 Å². The van der Waals surface area contributed by atoms with Crippen LogP contribution in [0.15, 0.2) is 9.52 Å². The second kappa shape index (κ2) is 8.78. The molecule has 0 bridgehead atoms. The van der Waals surface area contributed by atoms with Crippen LogP contribution in [-0.4, -0.2) is 44.5 Å². The van der Waals surface area contributed by atoms with Crippen molar-refractivity contribution < 1.29 is 9.26 Å². The van der Waals surface area contributed by atoms with Crippen molar-refractivity contribution in [3.05, 3.63) is 17.0 Å². The van der Waals surface area contributed by atoms with Crippen LogP contribution >= 0.6 is 0 Å². The summed E-state index contributed by atoms with van der Waals surface area (Å²) in [5, 5.41) is 10.6. The maximum atomic E-state index is 5.61. The smallest absolute Gasteiger partial charge is 0.190 e. The molecule has 6 nitrogen and oxygen atoms in total. The third-order valence-corrected chi connectivity index (χ3v) is 3.88. The van der Waals surface area contributed by atoms with Gasteiger partial charge in [-0.05, 0) is 45.4 Å². The van der Waals surface area contributed by atoms with E-state index in [2.05, 4.69) is 20.8 Å². The van der Waals surface area contributed by atoms with Gasteiger partial charge in [-0.15, -0.1) is 0 Å². The van der Waals surface area contributed by atoms with E-state index in [4.69, 9.17) is 9.26 Å². The van der Waals surface area contributed by atoms with E-state index in [1.807, 2.05) is 13.8 Å². The molecule has 0 aliphatic heterocycles. The second-order valence-electron chi connectivity index (χ2n) is 5.85. The predicted octanol–water partition coefficient (Wildman–Crippen LogP) is 1.82. The molecule has 0 aromatic carbocycles. The molecule has 0 spiro atoms. The standard InChI is InChI=1S/C16H28N4O2/c1-12-15(13(2)22-20-12)7-9-19-16(17-3)18-8-4-10-21-11-14-5-6-14/h14H,4-11H2,1-3H3,(H2,17,18,19). The first-order valence-electron chi connectivity index (χ1n) is 8.14. The summed E-state index contributed by atoms with van der Waals surface area (Å²) < 4.78 is 10.8. The Balaban J connectivity index is 1.54. The Hall–Kier alpha value is -1.56. The minimum absolute atomic E-state index is 0.806. The first-order valence-corrected chi connectivity index (χ1v) is 8.14. The Kier molecular flexibility index (Phi) is 6.71. The second-order valence-corrected chi connectivity index (χ2v) is 5.85. The maximum Gasteiger partial charge on any atom is 0.190 e. The average Bonchev–Trinajstić information content (AvgIpc) is 3.29. The molecule has 1 heterocycles. The SMILES string of the molecule is CN=C(NCCCOCC1CC1)NCCc1c(C)noc1C. The topological polar surface area (TPSA) is 71.7 Å². The molecular formula is C16H28N4O2. The molecule has 1 saturated carbocycles. The molecule has 0 unspecified atom stereocenters. The van der Waals surface area contributed by atoms with Gasteiger partial charge in [-0.2, -0.15) is 0 Å². The highest BCUT2D eigenvalue weighted by atomic mass is 16.5. The number of aliphatic imine (C=N–C) groups is 1. The van der Waals surface area contributed by atoms with Crippen molar-refractivity contribution in [3.63, 3.8) is 0 Å². The summed E-state index contributed by atoms with van der Waals surface area (Å²) in [4.78, 5) is 4.22. The van der Waals surface area contributed by atoms with E-state index in [1.54, 1.807) is 7.05 Å². The van der Waals surface area contributed by atoms with Gasteiger partial charge in [0.25, 0.3) is 0 Å². The molecule has 0 saturated heterocycles. The Morgan fingerprint density at radius 3 is 2.73 bits per heavy atom. The maximum absolute atomic E-state index is 5.61. The van der Waals surface area contributed by atoms with Crippen molar-refractivity contribution in [2.75, 3.05) is 33.4 Å². The number of ether oxygens (including phenoxy) is 1. The van der Waals surface area contributed by atoms with Crippen LogP contribution in [0, 0.1) is 19.8 Å². The molecule has 1 aliphatic carbocycles. The van der Waals surface area contributed by atoms with Crippen LogP contribution in [-0.2, 0) is 11.2 Å². The zero-order chi connectivity index (χ0) is 15.8. The summed E-state index contributed by atoms with van der Waals surface area (Å²) in [7, 11) is 1.79. The number of aryl methyl sites for hydroxylation is 2. The summed E-state index contributed by atoms with van der Waals surface area (Å²) in [5.74, 6) is 2.57. The molecule has 124 valence electrons. The van der Waals surface area contributed by atoms with E-state index >= 15 is 0 Å². The molecule has 1 aromatic heterocycles. The monoisotopic (exact) mass is 308 g/mol. The van der Waals surface area contributed by atoms with Crippen LogP contribution in [0.25, 0.3) is 0 Å². The van der Waals surface area contributed by atoms with Crippen LogP contribution in [0.2, 0.25) is 0 Å². The normalized spacial score (nSPS) is 15.1. The number of hydrogen-bond acceptors (Lipinski definition) is 4. The van der Waals surface area contributed by atoms with Crippen molar-refractivity contribution in [2.45, 2.75) is 39.5 Å². The van der Waals surface area contributed by atoms with Crippen LogP contribution < -0.4 is 10.6 Å². The highest BCUT2D eigenvalue weighted by Gasteiger charge is 2.20. The summed E-state index contributed by atoms with van der Waals surface area (Å²) in [6.07, 6.45) is 4.57. The van der Waals surface area contributed by atoms with E-state index in [0.717, 1.165) is 62.5 Å². The summed E-state index contributed by atoms with van der Waals surface area (Å²) in [5.41, 5.74) is 2.14. The molecule has 2 N–H and O–H groups in total. The molecule has 6 heteroatoms. The molecule has 0 amide bonds. The van der Waals surface area contributed by atoms with Gasteiger partial charge in [0.15, 0.2) is 5.96 Å². The number of guanidine groups is 1. The zero-order valence-electron chi connectivity index (χ0n) is 13.9. The van der Waals surface area contributed by atoms with Crippen molar-refractivity contribution in [1.82, 2.24) is 15.8 Å². The van der Waals surface area contributed by atoms with Gasteiger partial charge >= 0.3 is 0 Å². The highest BCUT2D eigenvalue weighted by Crippen LogP contribution is 2.28. The lowest BCUT2D eigenvalue weighted by molar-refractivity contribution is 0.123. The minimum Gasteiger partial charge on any atom is -0.381 e. The average molecular weight is 308 g/mol. The molecule has 1 aliphatic rings. The quantitative estimate of drug-likeness (QED) is 0.413. The minimum atomic E-state index is 0.806. The van der Waals surface area contributed by atoms with Gasteiger partial charge in [-0.1, -0.05) is 5.16 Å². The van der Waals surface area contributed by atoms with Gasteiger partial charge in [0, 0.05) is 38.9 Å². The van der Waals surface area contributed by atoms with Crippen LogP contribution in [0.5, 0.6) is 0 Å². The fourth-order valence-corrected chi connectivity index (χ4v) is 2.30. The van der Waals surface area contributed by atoms with E-state index in [9.17, 15) is 0 Å². The van der Waals surface area contributed by atoms with Crippen LogP contribution in [0.4, 0.5) is 0 Å². The van der Waals surface area contributed by atoms with Crippen LogP contribution in [0.3, 0.4) is 0 Å². The van der Waals surface area contributed by atoms with Crippen molar-refractivity contribution in [2.24, 2.45) is 10.9 Å². The van der Waals surface area contributed by atoms with E-state index in [1.165, 1.54) is 18.4 Å². The number of rotatable bonds is 9. The lowest BCUT2D eigenvalue weighted by Crippen LogP contribution is -2.39. The first-order chi connectivity index (χ1) is 10.7. The first kappa shape index (κ1) is 16.8. The number of hydrogen-bond donors (Lipinski definition) is 2. The lowest BCUT2D eigenvalue weighted by Gasteiger charge is -2.11. The fraction of sp³-hybridized carbons (Fsp3) is 0.750. The molecule has 0 atom stereocenters. The molecule has 22 heavy (non-hydrogen) atoms. The zero-order valence-corrected chi connectivity index (χ0v) is 13.9. The molecular weight excluding hydrogens is 280 g/mol. The third kappa shape index (κ3) is 5.67. The number of nitrogens with zero attached hydrogens (tertiary/aromatic N) is 2. The lowest BCUT2D eigenvalue weighted by atomic mass is 10.1. The number of aromatic nitrogens is 1. The Morgan fingerprint density at radius 1 is 1.32 bits per heavy atom. The van der Waals surface area contributed by atoms with Gasteiger partial charge in [-0.3, -0.25) is 4.99 Å². The predicted molar refractivity (Wildman–Crippen MR) is 87.2 cm³/mol.